The fraction of sp³-hybridized carbons (Fsp3) is 0.686. The van der Waals surface area contributed by atoms with Gasteiger partial charge in [0.15, 0.2) is 0 Å². The Bertz CT molecular complexity index is 871. The first-order valence-corrected chi connectivity index (χ1v) is 18.4. The molecule has 0 fully saturated rings. The number of carbonyl (C=O) groups excluding carboxylic acids is 1. The number of hydrogen-bond acceptors (Lipinski definition) is 6. The van der Waals surface area contributed by atoms with Crippen LogP contribution in [-0.4, -0.2) is 47.8 Å². The van der Waals surface area contributed by atoms with Gasteiger partial charge in [0.2, 0.25) is 5.91 Å². The molecule has 5 N–H and O–H groups in total. The van der Waals surface area contributed by atoms with Crippen molar-refractivity contribution < 1.29 is 28.4 Å². The quantitative estimate of drug-likeness (QED) is 0.0353. The van der Waals surface area contributed by atoms with Crippen molar-refractivity contribution in [3.05, 3.63) is 60.8 Å². The number of nitrogens with one attached hydrogen (secondary N) is 1. The average molecular weight is 639 g/mol. The molecule has 0 radical (unpaired) electrons. The summed E-state index contributed by atoms with van der Waals surface area (Å²) in [5.74, 6) is -0.225. The van der Waals surface area contributed by atoms with Crippen molar-refractivity contribution in [2.45, 2.75) is 135 Å². The van der Waals surface area contributed by atoms with Crippen molar-refractivity contribution in [2.24, 2.45) is 5.73 Å². The summed E-state index contributed by atoms with van der Waals surface area (Å²) in [4.78, 5) is 22.5. The normalized spacial score (nSPS) is 15.3. The van der Waals surface area contributed by atoms with Crippen LogP contribution in [-0.2, 0) is 18.4 Å². The van der Waals surface area contributed by atoms with Crippen LogP contribution in [0.15, 0.2) is 60.8 Å². The van der Waals surface area contributed by atoms with E-state index in [2.05, 4.69) is 79.9 Å². The number of phosphoric acid groups is 1. The zero-order chi connectivity index (χ0) is 32.6. The van der Waals surface area contributed by atoms with E-state index in [9.17, 15) is 19.4 Å². The molecule has 0 aromatic rings. The van der Waals surface area contributed by atoms with Gasteiger partial charge in [-0.1, -0.05) is 126 Å². The predicted octanol–water partition coefficient (Wildman–Crippen LogP) is 8.38. The molecule has 0 saturated heterocycles. The third kappa shape index (κ3) is 28.9. The number of carbonyl (C=O) groups is 1. The van der Waals surface area contributed by atoms with Gasteiger partial charge >= 0.3 is 7.82 Å². The molecule has 0 spiro atoms. The molecule has 0 bridgehead atoms. The number of rotatable bonds is 30. The molecule has 0 aliphatic rings. The molecule has 0 aromatic carbocycles. The van der Waals surface area contributed by atoms with E-state index in [-0.39, 0.29) is 32.1 Å². The molecule has 0 rings (SSSR count). The van der Waals surface area contributed by atoms with E-state index in [0.717, 1.165) is 57.8 Å². The SMILES string of the molecule is CC/C=C\C/C=C\C/C=C\C/C=C\C/C=C\CCCC(=O)NC(COP(=O)(O)OCCN)C(O)CCCCCCCCCC. The van der Waals surface area contributed by atoms with E-state index in [1.807, 2.05) is 0 Å². The van der Waals surface area contributed by atoms with Gasteiger partial charge in [-0.05, 0) is 51.4 Å². The van der Waals surface area contributed by atoms with Crippen molar-refractivity contribution in [2.75, 3.05) is 19.8 Å². The van der Waals surface area contributed by atoms with E-state index in [1.54, 1.807) is 0 Å². The van der Waals surface area contributed by atoms with Crippen LogP contribution in [0.5, 0.6) is 0 Å². The molecule has 9 heteroatoms. The summed E-state index contributed by atoms with van der Waals surface area (Å²) in [5, 5.41) is 13.6. The Balaban J connectivity index is 4.40. The van der Waals surface area contributed by atoms with Crippen molar-refractivity contribution in [1.29, 1.82) is 0 Å². The Labute approximate surface area is 268 Å². The maximum absolute atomic E-state index is 12.6. The van der Waals surface area contributed by atoms with Crippen molar-refractivity contribution in [3.8, 4) is 0 Å². The topological polar surface area (TPSA) is 131 Å². The van der Waals surface area contributed by atoms with E-state index in [0.29, 0.717) is 12.8 Å². The zero-order valence-corrected chi connectivity index (χ0v) is 28.5. The molecule has 0 aliphatic carbocycles. The predicted molar refractivity (Wildman–Crippen MR) is 184 cm³/mol. The highest BCUT2D eigenvalue weighted by molar-refractivity contribution is 7.47. The summed E-state index contributed by atoms with van der Waals surface area (Å²) < 4.78 is 21.9. The molecule has 0 heterocycles. The fourth-order valence-corrected chi connectivity index (χ4v) is 5.10. The highest BCUT2D eigenvalue weighted by Gasteiger charge is 2.27. The fourth-order valence-electron chi connectivity index (χ4n) is 4.35. The summed E-state index contributed by atoms with van der Waals surface area (Å²) in [6.07, 6.45) is 36.7. The summed E-state index contributed by atoms with van der Waals surface area (Å²) in [7, 11) is -4.32. The zero-order valence-electron chi connectivity index (χ0n) is 27.6. The second-order valence-corrected chi connectivity index (χ2v) is 12.4. The summed E-state index contributed by atoms with van der Waals surface area (Å²) >= 11 is 0. The second-order valence-electron chi connectivity index (χ2n) is 11.0. The van der Waals surface area contributed by atoms with Gasteiger partial charge in [-0.3, -0.25) is 13.8 Å². The van der Waals surface area contributed by atoms with Crippen LogP contribution < -0.4 is 11.1 Å². The van der Waals surface area contributed by atoms with Crippen LogP contribution in [0.25, 0.3) is 0 Å². The molecule has 3 unspecified atom stereocenters. The van der Waals surface area contributed by atoms with Crippen LogP contribution in [0.1, 0.15) is 123 Å². The van der Waals surface area contributed by atoms with Crippen LogP contribution in [0.2, 0.25) is 0 Å². The number of hydrogen-bond donors (Lipinski definition) is 4. The van der Waals surface area contributed by atoms with Crippen LogP contribution in [0.3, 0.4) is 0 Å². The van der Waals surface area contributed by atoms with Crippen molar-refractivity contribution >= 4 is 13.7 Å². The molecule has 0 aromatic heterocycles. The average Bonchev–Trinajstić information content (AvgIpc) is 3.01. The molecule has 1 amide bonds. The second kappa shape index (κ2) is 31.2. The van der Waals surface area contributed by atoms with Crippen LogP contribution in [0.4, 0.5) is 0 Å². The lowest BCUT2D eigenvalue weighted by molar-refractivity contribution is -0.123. The minimum absolute atomic E-state index is 0.0764. The Morgan fingerprint density at radius 3 is 1.84 bits per heavy atom. The van der Waals surface area contributed by atoms with E-state index in [1.165, 1.54) is 32.1 Å². The van der Waals surface area contributed by atoms with Gasteiger partial charge < -0.3 is 21.1 Å². The summed E-state index contributed by atoms with van der Waals surface area (Å²) in [6, 6.07) is -0.803. The number of nitrogens with two attached hydrogens (primary N) is 1. The Morgan fingerprint density at radius 1 is 0.773 bits per heavy atom. The maximum Gasteiger partial charge on any atom is 0.472 e. The van der Waals surface area contributed by atoms with Gasteiger partial charge in [0, 0.05) is 13.0 Å². The highest BCUT2D eigenvalue weighted by atomic mass is 31.2. The first-order chi connectivity index (χ1) is 21.4. The minimum atomic E-state index is -4.32. The minimum Gasteiger partial charge on any atom is -0.391 e. The summed E-state index contributed by atoms with van der Waals surface area (Å²) in [5.41, 5.74) is 5.33. The number of aliphatic hydroxyl groups is 1. The number of unbranched alkanes of at least 4 members (excludes halogenated alkanes) is 8. The Hall–Kier alpha value is -1.80. The molecule has 8 nitrogen and oxygen atoms in total. The molecule has 3 atom stereocenters. The highest BCUT2D eigenvalue weighted by Crippen LogP contribution is 2.43. The molecule has 254 valence electrons. The van der Waals surface area contributed by atoms with Crippen LogP contribution in [0, 0.1) is 0 Å². The third-order valence-corrected chi connectivity index (χ3v) is 7.87. The Morgan fingerprint density at radius 2 is 1.30 bits per heavy atom. The third-order valence-electron chi connectivity index (χ3n) is 6.89. The van der Waals surface area contributed by atoms with Gasteiger partial charge in [0.25, 0.3) is 0 Å². The summed E-state index contributed by atoms with van der Waals surface area (Å²) in [6.45, 7) is 3.97. The number of amides is 1. The lowest BCUT2D eigenvalue weighted by Crippen LogP contribution is -2.46. The van der Waals surface area contributed by atoms with Crippen molar-refractivity contribution in [3.63, 3.8) is 0 Å². The van der Waals surface area contributed by atoms with E-state index < -0.39 is 20.0 Å². The number of phosphoric ester groups is 1. The molecular formula is C35H63N2O6P. The van der Waals surface area contributed by atoms with Gasteiger partial charge in [0.05, 0.1) is 25.4 Å². The Kier molecular flexibility index (Phi) is 29.9. The van der Waals surface area contributed by atoms with Gasteiger partial charge in [-0.25, -0.2) is 4.57 Å². The van der Waals surface area contributed by atoms with E-state index in [4.69, 9.17) is 14.8 Å². The number of allylic oxidation sites excluding steroid dienone is 10. The molecule has 44 heavy (non-hydrogen) atoms. The van der Waals surface area contributed by atoms with Gasteiger partial charge in [-0.2, -0.15) is 0 Å². The maximum atomic E-state index is 12.6. The van der Waals surface area contributed by atoms with Gasteiger partial charge in [0.1, 0.15) is 0 Å². The molecule has 0 saturated carbocycles. The van der Waals surface area contributed by atoms with E-state index >= 15 is 0 Å². The monoisotopic (exact) mass is 638 g/mol. The standard InChI is InChI=1S/C35H63N2O6P/c1-3-5-7-9-11-13-14-15-16-17-18-19-20-21-23-25-27-29-35(39)37-33(32-43-44(40,41)42-31-30-36)34(38)28-26-24-22-12-10-8-6-4-2/h5,7,11,13,15-16,18-19,21,23,33-34,38H,3-4,6,8-10,12,14,17,20,22,24-32,36H2,1-2H3,(H,37,39)(H,40,41)/b7-5-,13-11-,16-15-,19-18-,23-21-. The lowest BCUT2D eigenvalue weighted by atomic mass is 10.0. The lowest BCUT2D eigenvalue weighted by Gasteiger charge is -2.25. The number of aliphatic hydroxyl groups excluding tert-OH is 1. The molecular weight excluding hydrogens is 575 g/mol. The first-order valence-electron chi connectivity index (χ1n) is 16.9. The largest absolute Gasteiger partial charge is 0.472 e. The van der Waals surface area contributed by atoms with Gasteiger partial charge in [-0.15, -0.1) is 0 Å². The molecule has 0 aliphatic heterocycles. The van der Waals surface area contributed by atoms with Crippen LogP contribution >= 0.6 is 7.82 Å². The smallest absolute Gasteiger partial charge is 0.391 e. The first kappa shape index (κ1) is 42.2. The van der Waals surface area contributed by atoms with Crippen molar-refractivity contribution in [1.82, 2.24) is 5.32 Å².